The molecule has 0 N–H and O–H groups in total. The van der Waals surface area contributed by atoms with Gasteiger partial charge in [-0.1, -0.05) is 48.2 Å². The molecule has 8 nitrogen and oxygen atoms in total. The highest BCUT2D eigenvalue weighted by atomic mass is 32.2. The maximum Gasteiger partial charge on any atom is 0.289 e. The van der Waals surface area contributed by atoms with Gasteiger partial charge in [0.15, 0.2) is 22.4 Å². The van der Waals surface area contributed by atoms with Crippen molar-refractivity contribution in [3.05, 3.63) is 83.8 Å². The molecule has 1 aliphatic rings. The average Bonchev–Trinajstić information content (AvgIpc) is 3.72. The number of aromatic nitrogens is 2. The van der Waals surface area contributed by atoms with Crippen LogP contribution in [0.3, 0.4) is 0 Å². The summed E-state index contributed by atoms with van der Waals surface area (Å²) in [6, 6.07) is 21.8. The zero-order chi connectivity index (χ0) is 27.9. The Kier molecular flexibility index (Phi) is 8.91. The maximum atomic E-state index is 12.7. The molecule has 9 heteroatoms. The van der Waals surface area contributed by atoms with Crippen LogP contribution in [0, 0.1) is 0 Å². The molecule has 0 unspecified atom stereocenters. The third-order valence-electron chi connectivity index (χ3n) is 6.95. The van der Waals surface area contributed by atoms with E-state index in [4.69, 9.17) is 23.9 Å². The van der Waals surface area contributed by atoms with Gasteiger partial charge in [0.2, 0.25) is 0 Å². The van der Waals surface area contributed by atoms with Gasteiger partial charge in [-0.2, -0.15) is 0 Å². The highest BCUT2D eigenvalue weighted by Crippen LogP contribution is 2.30. The Morgan fingerprint density at radius 1 is 0.975 bits per heavy atom. The average molecular weight is 559 g/mol. The molecule has 1 saturated heterocycles. The van der Waals surface area contributed by atoms with Gasteiger partial charge in [0, 0.05) is 38.3 Å². The van der Waals surface area contributed by atoms with E-state index in [1.54, 1.807) is 20.3 Å². The van der Waals surface area contributed by atoms with E-state index in [1.165, 1.54) is 11.8 Å². The fourth-order valence-corrected chi connectivity index (χ4v) is 5.41. The number of ether oxygens (including phenoxy) is 2. The third kappa shape index (κ3) is 6.59. The van der Waals surface area contributed by atoms with Gasteiger partial charge in [-0.3, -0.25) is 4.79 Å². The number of furan rings is 1. The van der Waals surface area contributed by atoms with Crippen LogP contribution in [0.15, 0.2) is 76.3 Å². The molecule has 2 aromatic carbocycles. The first-order valence-corrected chi connectivity index (χ1v) is 14.4. The number of rotatable bonds is 11. The van der Waals surface area contributed by atoms with E-state index in [9.17, 15) is 4.79 Å². The predicted molar refractivity (Wildman–Crippen MR) is 157 cm³/mol. The molecule has 0 spiro atoms. The van der Waals surface area contributed by atoms with Crippen molar-refractivity contribution >= 4 is 23.5 Å². The first kappa shape index (κ1) is 27.6. The van der Waals surface area contributed by atoms with Gasteiger partial charge in [-0.25, -0.2) is 9.97 Å². The van der Waals surface area contributed by atoms with Crippen molar-refractivity contribution in [3.63, 3.8) is 0 Å². The molecule has 5 rings (SSSR count). The van der Waals surface area contributed by atoms with Crippen molar-refractivity contribution < 1.29 is 18.7 Å². The molecule has 0 aliphatic carbocycles. The minimum atomic E-state index is -0.0329. The molecule has 40 heavy (non-hydrogen) atoms. The lowest BCUT2D eigenvalue weighted by Crippen LogP contribution is -2.27. The second kappa shape index (κ2) is 12.9. The van der Waals surface area contributed by atoms with Crippen LogP contribution in [0.2, 0.25) is 0 Å². The Morgan fingerprint density at radius 3 is 2.50 bits per heavy atom. The fraction of sp³-hybridized carbons (Fsp3) is 0.323. The van der Waals surface area contributed by atoms with Gasteiger partial charge in [-0.15, -0.1) is 0 Å². The summed E-state index contributed by atoms with van der Waals surface area (Å²) in [6.07, 6.45) is 2.91. The Morgan fingerprint density at radius 2 is 1.75 bits per heavy atom. The molecule has 1 amide bonds. The van der Waals surface area contributed by atoms with E-state index in [0.29, 0.717) is 22.4 Å². The van der Waals surface area contributed by atoms with Gasteiger partial charge in [0.25, 0.3) is 5.91 Å². The summed E-state index contributed by atoms with van der Waals surface area (Å²) in [5.41, 5.74) is 3.03. The van der Waals surface area contributed by atoms with Crippen molar-refractivity contribution in [2.75, 3.05) is 45.8 Å². The molecule has 208 valence electrons. The summed E-state index contributed by atoms with van der Waals surface area (Å²) in [5, 5.41) is 0.651. The van der Waals surface area contributed by atoms with E-state index in [2.05, 4.69) is 11.0 Å². The number of nitrogens with zero attached hydrogens (tertiary/aromatic N) is 4. The van der Waals surface area contributed by atoms with E-state index in [-0.39, 0.29) is 5.91 Å². The molecule has 0 radical (unpaired) electrons. The van der Waals surface area contributed by atoms with Crippen LogP contribution in [0.1, 0.15) is 34.7 Å². The van der Waals surface area contributed by atoms with Crippen LogP contribution < -0.4 is 14.4 Å². The second-order valence-corrected chi connectivity index (χ2v) is 10.6. The number of carbonyl (C=O) groups excluding carboxylic acids is 1. The van der Waals surface area contributed by atoms with Gasteiger partial charge < -0.3 is 23.7 Å². The molecule has 0 bridgehead atoms. The summed E-state index contributed by atoms with van der Waals surface area (Å²) < 4.78 is 16.7. The normalized spacial score (nSPS) is 12.9. The lowest BCUT2D eigenvalue weighted by Gasteiger charge is -2.20. The molecule has 1 aliphatic heterocycles. The molecule has 1 fully saturated rings. The number of carbonyl (C=O) groups is 1. The number of benzene rings is 2. The van der Waals surface area contributed by atoms with Crippen molar-refractivity contribution in [2.45, 2.75) is 30.2 Å². The number of likely N-dealkylation sites (tertiary alicyclic amines) is 1. The van der Waals surface area contributed by atoms with Crippen LogP contribution >= 0.6 is 11.8 Å². The number of amides is 1. The van der Waals surface area contributed by atoms with Crippen molar-refractivity contribution in [1.29, 1.82) is 0 Å². The zero-order valence-electron chi connectivity index (χ0n) is 23.1. The Bertz CT molecular complexity index is 1440. The van der Waals surface area contributed by atoms with E-state index in [0.717, 1.165) is 73.0 Å². The lowest BCUT2D eigenvalue weighted by molar-refractivity contribution is 0.0759. The maximum absolute atomic E-state index is 12.7. The summed E-state index contributed by atoms with van der Waals surface area (Å²) in [5.74, 6) is 3.89. The minimum Gasteiger partial charge on any atom is -0.493 e. The minimum absolute atomic E-state index is 0.0329. The molecule has 0 atom stereocenters. The standard InChI is InChI=1S/C31H34N4O4S/c1-34(18-15-22-11-13-26(37-2)28(19-22)38-3)29-20-25(23-9-5-4-6-10-23)32-31(33-29)40-21-24-12-14-27(39-24)30(36)35-16-7-8-17-35/h4-6,9-14,19-20H,7-8,15-18,21H2,1-3H3. The van der Waals surface area contributed by atoms with Crippen molar-refractivity contribution in [3.8, 4) is 22.8 Å². The first-order valence-electron chi connectivity index (χ1n) is 13.4. The largest absolute Gasteiger partial charge is 0.493 e. The number of methoxy groups -OCH3 is 2. The SMILES string of the molecule is COc1ccc(CCN(C)c2cc(-c3ccccc3)nc(SCc3ccc(C(=O)N4CCCC4)o3)n2)cc1OC. The zero-order valence-corrected chi connectivity index (χ0v) is 23.9. The summed E-state index contributed by atoms with van der Waals surface area (Å²) in [4.78, 5) is 26.4. The number of likely N-dealkylation sites (N-methyl/N-ethyl adjacent to an activating group) is 1. The Hall–Kier alpha value is -3.98. The van der Waals surface area contributed by atoms with Crippen LogP contribution in [-0.2, 0) is 12.2 Å². The van der Waals surface area contributed by atoms with Crippen molar-refractivity contribution in [1.82, 2.24) is 14.9 Å². The van der Waals surface area contributed by atoms with Crippen LogP contribution in [0.5, 0.6) is 11.5 Å². The van der Waals surface area contributed by atoms with Gasteiger partial charge in [-0.05, 0) is 49.1 Å². The summed E-state index contributed by atoms with van der Waals surface area (Å²) in [7, 11) is 5.32. The Labute approximate surface area is 239 Å². The van der Waals surface area contributed by atoms with Crippen LogP contribution in [-0.4, -0.2) is 61.7 Å². The molecular weight excluding hydrogens is 524 g/mol. The number of hydrogen-bond donors (Lipinski definition) is 0. The highest BCUT2D eigenvalue weighted by Gasteiger charge is 2.22. The lowest BCUT2D eigenvalue weighted by atomic mass is 10.1. The van der Waals surface area contributed by atoms with E-state index >= 15 is 0 Å². The van der Waals surface area contributed by atoms with Crippen LogP contribution in [0.25, 0.3) is 11.3 Å². The quantitative estimate of drug-likeness (QED) is 0.165. The van der Waals surface area contributed by atoms with Crippen LogP contribution in [0.4, 0.5) is 5.82 Å². The number of hydrogen-bond acceptors (Lipinski definition) is 8. The van der Waals surface area contributed by atoms with Crippen molar-refractivity contribution in [2.24, 2.45) is 0 Å². The smallest absolute Gasteiger partial charge is 0.289 e. The van der Waals surface area contributed by atoms with E-state index < -0.39 is 0 Å². The first-order chi connectivity index (χ1) is 19.5. The van der Waals surface area contributed by atoms with E-state index in [1.807, 2.05) is 66.5 Å². The number of anilines is 1. The predicted octanol–water partition coefficient (Wildman–Crippen LogP) is 5.96. The number of thioether (sulfide) groups is 1. The fourth-order valence-electron chi connectivity index (χ4n) is 4.66. The molecule has 0 saturated carbocycles. The van der Waals surface area contributed by atoms with Gasteiger partial charge in [0.1, 0.15) is 11.6 Å². The molecule has 3 heterocycles. The Balaban J connectivity index is 1.31. The molecular formula is C31H34N4O4S. The molecule has 2 aromatic heterocycles. The molecule has 4 aromatic rings. The third-order valence-corrected chi connectivity index (χ3v) is 7.82. The van der Waals surface area contributed by atoms with Gasteiger partial charge >= 0.3 is 0 Å². The second-order valence-electron chi connectivity index (χ2n) is 9.67. The van der Waals surface area contributed by atoms with Gasteiger partial charge in [0.05, 0.1) is 25.7 Å². The summed E-state index contributed by atoms with van der Waals surface area (Å²) in [6.45, 7) is 2.35. The monoisotopic (exact) mass is 558 g/mol. The topological polar surface area (TPSA) is 80.9 Å². The summed E-state index contributed by atoms with van der Waals surface area (Å²) >= 11 is 1.50. The highest BCUT2D eigenvalue weighted by molar-refractivity contribution is 7.98.